The number of rotatable bonds is 6. The molecule has 7 nitrogen and oxygen atoms in total. The average Bonchev–Trinajstić information content (AvgIpc) is 3.22. The Balaban J connectivity index is 1.31. The van der Waals surface area contributed by atoms with Crippen LogP contribution in [0.25, 0.3) is 21.6 Å². The highest BCUT2D eigenvalue weighted by atomic mass is 32.1. The molecule has 1 atom stereocenters. The van der Waals surface area contributed by atoms with Crippen molar-refractivity contribution in [2.24, 2.45) is 5.92 Å². The van der Waals surface area contributed by atoms with Gasteiger partial charge in [0, 0.05) is 36.1 Å². The number of anilines is 2. The molecule has 164 valence electrons. The Morgan fingerprint density at radius 2 is 1.94 bits per heavy atom. The van der Waals surface area contributed by atoms with E-state index in [4.69, 9.17) is 15.5 Å². The SMILES string of the molecule is C[C@H](Nc1nc2ccc(Oc3ccnc(-c4ccc(N)nc4)n3)cc2s1)C1CCCCC1. The monoisotopic (exact) mass is 446 g/mol. The molecule has 1 saturated carbocycles. The fraction of sp³-hybridized carbons (Fsp3) is 0.333. The van der Waals surface area contributed by atoms with E-state index in [-0.39, 0.29) is 0 Å². The highest BCUT2D eigenvalue weighted by Gasteiger charge is 2.21. The summed E-state index contributed by atoms with van der Waals surface area (Å²) < 4.78 is 7.10. The van der Waals surface area contributed by atoms with Gasteiger partial charge in [-0.15, -0.1) is 0 Å². The summed E-state index contributed by atoms with van der Waals surface area (Å²) in [4.78, 5) is 17.7. The fourth-order valence-electron chi connectivity index (χ4n) is 4.17. The lowest BCUT2D eigenvalue weighted by Gasteiger charge is -2.28. The number of benzene rings is 1. The molecule has 1 fully saturated rings. The zero-order valence-electron chi connectivity index (χ0n) is 18.0. The van der Waals surface area contributed by atoms with Crippen LogP contribution in [-0.4, -0.2) is 26.0 Å². The van der Waals surface area contributed by atoms with Crippen molar-refractivity contribution in [1.82, 2.24) is 19.9 Å². The summed E-state index contributed by atoms with van der Waals surface area (Å²) in [6, 6.07) is 11.7. The molecular formula is C24H26N6OS. The summed E-state index contributed by atoms with van der Waals surface area (Å²) in [7, 11) is 0. The molecule has 1 aromatic carbocycles. The zero-order chi connectivity index (χ0) is 21.9. The second kappa shape index (κ2) is 9.08. The summed E-state index contributed by atoms with van der Waals surface area (Å²) >= 11 is 1.66. The number of nitrogens with zero attached hydrogens (tertiary/aromatic N) is 4. The lowest BCUT2D eigenvalue weighted by molar-refractivity contribution is 0.328. The van der Waals surface area contributed by atoms with Crippen LogP contribution in [-0.2, 0) is 0 Å². The van der Waals surface area contributed by atoms with E-state index in [0.717, 1.165) is 26.8 Å². The van der Waals surface area contributed by atoms with Crippen molar-refractivity contribution in [3.05, 3.63) is 48.8 Å². The molecule has 3 heterocycles. The van der Waals surface area contributed by atoms with Gasteiger partial charge in [-0.1, -0.05) is 30.6 Å². The number of nitrogen functional groups attached to an aromatic ring is 1. The van der Waals surface area contributed by atoms with Gasteiger partial charge in [-0.2, -0.15) is 4.98 Å². The van der Waals surface area contributed by atoms with E-state index in [0.29, 0.717) is 29.3 Å². The molecule has 5 rings (SSSR count). The number of nitrogens with one attached hydrogen (secondary N) is 1. The Morgan fingerprint density at radius 3 is 2.75 bits per heavy atom. The van der Waals surface area contributed by atoms with Crippen molar-refractivity contribution in [3.8, 4) is 23.0 Å². The Bertz CT molecular complexity index is 1200. The summed E-state index contributed by atoms with van der Waals surface area (Å²) in [5.74, 6) is 2.92. The first-order valence-corrected chi connectivity index (χ1v) is 11.9. The molecule has 0 spiro atoms. The molecule has 1 aliphatic carbocycles. The van der Waals surface area contributed by atoms with Crippen LogP contribution < -0.4 is 15.8 Å². The van der Waals surface area contributed by atoms with Crippen LogP contribution in [0.4, 0.5) is 10.9 Å². The Hall–Kier alpha value is -3.26. The van der Waals surface area contributed by atoms with Crippen molar-refractivity contribution in [2.45, 2.75) is 45.1 Å². The number of fused-ring (bicyclic) bond motifs is 1. The van der Waals surface area contributed by atoms with Crippen LogP contribution in [0.5, 0.6) is 11.6 Å². The van der Waals surface area contributed by atoms with Gasteiger partial charge in [0.2, 0.25) is 5.88 Å². The van der Waals surface area contributed by atoms with Gasteiger partial charge in [-0.25, -0.2) is 15.0 Å². The number of aromatic nitrogens is 4. The van der Waals surface area contributed by atoms with E-state index in [9.17, 15) is 0 Å². The molecule has 0 amide bonds. The van der Waals surface area contributed by atoms with E-state index < -0.39 is 0 Å². The molecule has 3 aromatic heterocycles. The van der Waals surface area contributed by atoms with Gasteiger partial charge in [0.1, 0.15) is 11.6 Å². The first kappa shape index (κ1) is 20.6. The molecule has 0 unspecified atom stereocenters. The predicted molar refractivity (Wildman–Crippen MR) is 129 cm³/mol. The minimum Gasteiger partial charge on any atom is -0.439 e. The van der Waals surface area contributed by atoms with Crippen molar-refractivity contribution in [2.75, 3.05) is 11.1 Å². The molecule has 1 aliphatic rings. The van der Waals surface area contributed by atoms with Crippen LogP contribution in [0.2, 0.25) is 0 Å². The van der Waals surface area contributed by atoms with E-state index >= 15 is 0 Å². The summed E-state index contributed by atoms with van der Waals surface area (Å²) in [6.07, 6.45) is 10.0. The maximum absolute atomic E-state index is 6.02. The summed E-state index contributed by atoms with van der Waals surface area (Å²) in [5, 5.41) is 4.60. The van der Waals surface area contributed by atoms with Gasteiger partial charge in [0.05, 0.1) is 10.2 Å². The molecule has 32 heavy (non-hydrogen) atoms. The van der Waals surface area contributed by atoms with Crippen molar-refractivity contribution in [1.29, 1.82) is 0 Å². The maximum atomic E-state index is 6.02. The number of ether oxygens (including phenoxy) is 1. The Labute approximate surface area is 191 Å². The normalized spacial score (nSPS) is 15.5. The van der Waals surface area contributed by atoms with Gasteiger partial charge in [0.15, 0.2) is 11.0 Å². The summed E-state index contributed by atoms with van der Waals surface area (Å²) in [5.41, 5.74) is 7.42. The Kier molecular flexibility index (Phi) is 5.85. The van der Waals surface area contributed by atoms with Crippen molar-refractivity contribution in [3.63, 3.8) is 0 Å². The van der Waals surface area contributed by atoms with Crippen LogP contribution in [0.1, 0.15) is 39.0 Å². The second-order valence-electron chi connectivity index (χ2n) is 8.27. The smallest absolute Gasteiger partial charge is 0.222 e. The van der Waals surface area contributed by atoms with E-state index in [2.05, 4.69) is 27.2 Å². The first-order valence-electron chi connectivity index (χ1n) is 11.0. The highest BCUT2D eigenvalue weighted by molar-refractivity contribution is 7.22. The lowest BCUT2D eigenvalue weighted by Crippen LogP contribution is -2.27. The quantitative estimate of drug-likeness (QED) is 0.380. The number of hydrogen-bond acceptors (Lipinski definition) is 8. The van der Waals surface area contributed by atoms with E-state index in [1.54, 1.807) is 35.9 Å². The third-order valence-electron chi connectivity index (χ3n) is 5.96. The van der Waals surface area contributed by atoms with E-state index in [1.807, 2.05) is 24.3 Å². The third-order valence-corrected chi connectivity index (χ3v) is 6.91. The molecule has 8 heteroatoms. The minimum absolute atomic E-state index is 0.439. The van der Waals surface area contributed by atoms with E-state index in [1.165, 1.54) is 32.1 Å². The van der Waals surface area contributed by atoms with Crippen molar-refractivity contribution >= 4 is 32.5 Å². The standard InChI is InChI=1S/C24H26N6OS/c1-15(16-5-3-2-4-6-16)28-24-29-19-9-8-18(13-20(19)32-24)31-22-11-12-26-23(30-22)17-7-10-21(25)27-14-17/h7-16H,2-6H2,1H3,(H2,25,27)(H,28,29)/t15-/m0/s1. The van der Waals surface area contributed by atoms with Crippen LogP contribution >= 0.6 is 11.3 Å². The van der Waals surface area contributed by atoms with Gasteiger partial charge in [0.25, 0.3) is 0 Å². The number of nitrogens with two attached hydrogens (primary N) is 1. The zero-order valence-corrected chi connectivity index (χ0v) is 18.8. The molecule has 0 saturated heterocycles. The Morgan fingerprint density at radius 1 is 1.06 bits per heavy atom. The molecule has 0 aliphatic heterocycles. The lowest BCUT2D eigenvalue weighted by atomic mass is 9.85. The molecule has 0 radical (unpaired) electrons. The largest absolute Gasteiger partial charge is 0.439 e. The number of pyridine rings is 1. The topological polar surface area (TPSA) is 98.8 Å². The minimum atomic E-state index is 0.439. The van der Waals surface area contributed by atoms with Gasteiger partial charge < -0.3 is 15.8 Å². The third kappa shape index (κ3) is 4.65. The van der Waals surface area contributed by atoms with Gasteiger partial charge in [-0.3, -0.25) is 0 Å². The summed E-state index contributed by atoms with van der Waals surface area (Å²) in [6.45, 7) is 2.28. The van der Waals surface area contributed by atoms with Crippen LogP contribution in [0.15, 0.2) is 48.8 Å². The highest BCUT2D eigenvalue weighted by Crippen LogP contribution is 2.33. The predicted octanol–water partition coefficient (Wildman–Crippen LogP) is 5.90. The maximum Gasteiger partial charge on any atom is 0.222 e. The average molecular weight is 447 g/mol. The van der Waals surface area contributed by atoms with Crippen LogP contribution in [0, 0.1) is 5.92 Å². The first-order chi connectivity index (χ1) is 15.6. The number of thiazole rings is 1. The van der Waals surface area contributed by atoms with Gasteiger partial charge >= 0.3 is 0 Å². The number of hydrogen-bond donors (Lipinski definition) is 2. The van der Waals surface area contributed by atoms with Gasteiger partial charge in [-0.05, 0) is 49.9 Å². The molecule has 0 bridgehead atoms. The second-order valence-corrected chi connectivity index (χ2v) is 9.30. The molecule has 4 aromatic rings. The molecular weight excluding hydrogens is 420 g/mol. The fourth-order valence-corrected chi connectivity index (χ4v) is 5.16. The van der Waals surface area contributed by atoms with Crippen molar-refractivity contribution < 1.29 is 4.74 Å². The molecule has 3 N–H and O–H groups in total. The van der Waals surface area contributed by atoms with Crippen LogP contribution in [0.3, 0.4) is 0 Å².